The molecular weight excluding hydrogens is 327 g/mol. The van der Waals surface area contributed by atoms with Crippen LogP contribution in [0.25, 0.3) is 0 Å². The van der Waals surface area contributed by atoms with Crippen molar-refractivity contribution < 1.29 is 22.5 Å². The molecule has 0 N–H and O–H groups in total. The molecule has 1 aromatic carbocycles. The second-order valence-electron chi connectivity index (χ2n) is 5.70. The minimum absolute atomic E-state index is 0.0880. The molecule has 0 saturated heterocycles. The lowest BCUT2D eigenvalue weighted by atomic mass is 9.93. The molecule has 23 heavy (non-hydrogen) atoms. The van der Waals surface area contributed by atoms with Crippen LogP contribution in [0.4, 0.5) is 10.1 Å². The van der Waals surface area contributed by atoms with Crippen molar-refractivity contribution in [2.24, 2.45) is 0 Å². The smallest absolute Gasteiger partial charge is 0.311 e. The van der Waals surface area contributed by atoms with Crippen LogP contribution in [0, 0.1) is 15.9 Å². The Balaban J connectivity index is 2.02. The largest absolute Gasteiger partial charge is 0.483 e. The first-order chi connectivity index (χ1) is 10.7. The Hall–Kier alpha value is -1.74. The quantitative estimate of drug-likeness (QED) is 0.603. The molecule has 0 amide bonds. The first-order valence-electron chi connectivity index (χ1n) is 7.22. The molecule has 0 spiro atoms. The van der Waals surface area contributed by atoms with Crippen LogP contribution in [0.1, 0.15) is 25.7 Å². The molecule has 7 nitrogen and oxygen atoms in total. The summed E-state index contributed by atoms with van der Waals surface area (Å²) in [6, 6.07) is 3.00. The third-order valence-corrected chi connectivity index (χ3v) is 5.44. The molecule has 1 saturated carbocycles. The SMILES string of the molecule is CN([C@H]1CC[C@H](Oc2cc(F)ccc2[N+](=O)[O-])CC1)S(C)(=O)=O. The third-order valence-electron chi connectivity index (χ3n) is 4.09. The van der Waals surface area contributed by atoms with E-state index in [1.54, 1.807) is 7.05 Å². The van der Waals surface area contributed by atoms with E-state index < -0.39 is 20.8 Å². The molecule has 0 atom stereocenters. The topological polar surface area (TPSA) is 89.8 Å². The van der Waals surface area contributed by atoms with Crippen LogP contribution in [0.3, 0.4) is 0 Å². The van der Waals surface area contributed by atoms with Crippen LogP contribution in [0.5, 0.6) is 5.75 Å². The van der Waals surface area contributed by atoms with E-state index in [0.29, 0.717) is 25.7 Å². The van der Waals surface area contributed by atoms with Gasteiger partial charge in [-0.2, -0.15) is 0 Å². The minimum atomic E-state index is -3.25. The first kappa shape index (κ1) is 17.6. The second-order valence-corrected chi connectivity index (χ2v) is 7.74. The molecule has 0 aromatic heterocycles. The molecule has 0 unspecified atom stereocenters. The maximum atomic E-state index is 13.3. The number of halogens is 1. The molecule has 1 aliphatic rings. The van der Waals surface area contributed by atoms with Gasteiger partial charge >= 0.3 is 5.69 Å². The summed E-state index contributed by atoms with van der Waals surface area (Å²) in [5.41, 5.74) is -0.276. The van der Waals surface area contributed by atoms with E-state index in [4.69, 9.17) is 4.74 Å². The van der Waals surface area contributed by atoms with Gasteiger partial charge in [-0.3, -0.25) is 10.1 Å². The lowest BCUT2D eigenvalue weighted by molar-refractivity contribution is -0.386. The average Bonchev–Trinajstić information content (AvgIpc) is 2.46. The van der Waals surface area contributed by atoms with Crippen molar-refractivity contribution in [1.29, 1.82) is 0 Å². The fraction of sp³-hybridized carbons (Fsp3) is 0.571. The van der Waals surface area contributed by atoms with Crippen LogP contribution in [-0.2, 0) is 10.0 Å². The Kier molecular flexibility index (Phi) is 5.20. The van der Waals surface area contributed by atoms with Crippen molar-refractivity contribution in [2.75, 3.05) is 13.3 Å². The Morgan fingerprint density at radius 1 is 1.30 bits per heavy atom. The molecule has 0 aliphatic heterocycles. The normalized spacial score (nSPS) is 22.1. The molecule has 2 rings (SSSR count). The number of nitro groups is 1. The predicted molar refractivity (Wildman–Crippen MR) is 82.3 cm³/mol. The maximum Gasteiger partial charge on any atom is 0.311 e. The standard InChI is InChI=1S/C14H19FN2O5S/c1-16(23(2,20)21)11-4-6-12(7-5-11)22-14-9-10(15)3-8-13(14)17(18)19/h3,8-9,11-12H,4-7H2,1-2H3/t11-,12-. The van der Waals surface area contributed by atoms with Gasteiger partial charge in [0.05, 0.1) is 17.3 Å². The Morgan fingerprint density at radius 2 is 1.91 bits per heavy atom. The number of nitro benzene ring substituents is 1. The lowest BCUT2D eigenvalue weighted by Gasteiger charge is -2.33. The van der Waals surface area contributed by atoms with Gasteiger partial charge in [0, 0.05) is 25.2 Å². The monoisotopic (exact) mass is 346 g/mol. The molecule has 0 radical (unpaired) electrons. The maximum absolute atomic E-state index is 13.3. The van der Waals surface area contributed by atoms with Gasteiger partial charge in [-0.25, -0.2) is 17.1 Å². The first-order valence-corrected chi connectivity index (χ1v) is 9.07. The number of ether oxygens (including phenoxy) is 1. The van der Waals surface area contributed by atoms with Crippen LogP contribution >= 0.6 is 0 Å². The molecular formula is C14H19FN2O5S. The second kappa shape index (κ2) is 6.79. The molecule has 9 heteroatoms. The van der Waals surface area contributed by atoms with E-state index in [1.807, 2.05) is 0 Å². The molecule has 0 bridgehead atoms. The zero-order chi connectivity index (χ0) is 17.2. The van der Waals surface area contributed by atoms with Crippen molar-refractivity contribution in [2.45, 2.75) is 37.8 Å². The zero-order valence-electron chi connectivity index (χ0n) is 12.9. The number of rotatable bonds is 5. The van der Waals surface area contributed by atoms with Crippen molar-refractivity contribution in [3.8, 4) is 5.75 Å². The van der Waals surface area contributed by atoms with Gasteiger partial charge in [-0.15, -0.1) is 0 Å². The van der Waals surface area contributed by atoms with E-state index in [2.05, 4.69) is 0 Å². The highest BCUT2D eigenvalue weighted by molar-refractivity contribution is 7.88. The van der Waals surface area contributed by atoms with Crippen molar-refractivity contribution in [3.63, 3.8) is 0 Å². The highest BCUT2D eigenvalue weighted by atomic mass is 32.2. The predicted octanol–water partition coefficient (Wildman–Crippen LogP) is 2.32. The van der Waals surface area contributed by atoms with E-state index >= 15 is 0 Å². The molecule has 0 heterocycles. The van der Waals surface area contributed by atoms with Crippen molar-refractivity contribution >= 4 is 15.7 Å². The van der Waals surface area contributed by atoms with Gasteiger partial charge in [0.25, 0.3) is 0 Å². The van der Waals surface area contributed by atoms with Gasteiger partial charge in [0.2, 0.25) is 10.0 Å². The summed E-state index contributed by atoms with van der Waals surface area (Å²) in [5.74, 6) is -0.689. The Labute approximate surface area is 134 Å². The van der Waals surface area contributed by atoms with E-state index in [0.717, 1.165) is 24.5 Å². The highest BCUT2D eigenvalue weighted by Crippen LogP contribution is 2.32. The van der Waals surface area contributed by atoms with E-state index in [1.165, 1.54) is 4.31 Å². The number of sulfonamides is 1. The summed E-state index contributed by atoms with van der Waals surface area (Å²) in [7, 11) is -1.71. The minimum Gasteiger partial charge on any atom is -0.483 e. The fourth-order valence-corrected chi connectivity index (χ4v) is 3.46. The fourth-order valence-electron chi connectivity index (χ4n) is 2.71. The molecule has 1 aromatic rings. The molecule has 1 fully saturated rings. The van der Waals surface area contributed by atoms with Crippen molar-refractivity contribution in [1.82, 2.24) is 4.31 Å². The van der Waals surface area contributed by atoms with Gasteiger partial charge < -0.3 is 4.74 Å². The van der Waals surface area contributed by atoms with Crippen LogP contribution in [0.2, 0.25) is 0 Å². The summed E-state index contributed by atoms with van der Waals surface area (Å²) in [4.78, 5) is 10.3. The highest BCUT2D eigenvalue weighted by Gasteiger charge is 2.30. The van der Waals surface area contributed by atoms with Crippen LogP contribution < -0.4 is 4.74 Å². The average molecular weight is 346 g/mol. The summed E-state index contributed by atoms with van der Waals surface area (Å²) in [6.45, 7) is 0. The van der Waals surface area contributed by atoms with Crippen LogP contribution in [-0.4, -0.2) is 43.1 Å². The summed E-state index contributed by atoms with van der Waals surface area (Å²) >= 11 is 0. The number of nitrogens with zero attached hydrogens (tertiary/aromatic N) is 2. The third kappa shape index (κ3) is 4.38. The Bertz CT molecular complexity index is 686. The van der Waals surface area contributed by atoms with E-state index in [9.17, 15) is 22.9 Å². The van der Waals surface area contributed by atoms with E-state index in [-0.39, 0.29) is 23.6 Å². The number of hydrogen-bond acceptors (Lipinski definition) is 5. The van der Waals surface area contributed by atoms with Crippen LogP contribution in [0.15, 0.2) is 18.2 Å². The summed E-state index contributed by atoms with van der Waals surface area (Å²) < 4.78 is 43.3. The molecule has 128 valence electrons. The van der Waals surface area contributed by atoms with Gasteiger partial charge in [-0.05, 0) is 31.7 Å². The lowest BCUT2D eigenvalue weighted by Crippen LogP contribution is -2.40. The summed E-state index contributed by atoms with van der Waals surface area (Å²) in [6.07, 6.45) is 3.16. The molecule has 1 aliphatic carbocycles. The van der Waals surface area contributed by atoms with Gasteiger partial charge in [0.1, 0.15) is 5.82 Å². The number of benzene rings is 1. The summed E-state index contributed by atoms with van der Waals surface area (Å²) in [5, 5.41) is 11.0. The zero-order valence-corrected chi connectivity index (χ0v) is 13.8. The van der Waals surface area contributed by atoms with Gasteiger partial charge in [0.15, 0.2) is 5.75 Å². The Morgan fingerprint density at radius 3 is 2.43 bits per heavy atom. The van der Waals surface area contributed by atoms with Crippen molar-refractivity contribution in [3.05, 3.63) is 34.1 Å². The number of hydrogen-bond donors (Lipinski definition) is 0. The van der Waals surface area contributed by atoms with Gasteiger partial charge in [-0.1, -0.05) is 0 Å².